The maximum atomic E-state index is 11.9. The molecule has 3 heterocycles. The predicted molar refractivity (Wildman–Crippen MR) is 203 cm³/mol. The number of nitriles is 1. The van der Waals surface area contributed by atoms with Gasteiger partial charge in [0.2, 0.25) is 11.8 Å². The van der Waals surface area contributed by atoms with E-state index in [2.05, 4.69) is 55.5 Å². The Morgan fingerprint density at radius 3 is 2.48 bits per heavy atom. The fourth-order valence-corrected chi connectivity index (χ4v) is 7.10. The Labute approximate surface area is 320 Å². The Kier molecular flexibility index (Phi) is 11.8. The number of pyridine rings is 2. The molecule has 9 nitrogen and oxygen atoms in total. The second-order valence-electron chi connectivity index (χ2n) is 12.9. The number of nitrogens with one attached hydrogen (secondary N) is 1. The van der Waals surface area contributed by atoms with Crippen molar-refractivity contribution in [1.82, 2.24) is 15.3 Å². The van der Waals surface area contributed by atoms with Crippen molar-refractivity contribution in [1.29, 1.82) is 5.26 Å². The molecule has 1 aliphatic rings. The number of aromatic nitrogens is 2. The number of aliphatic carboxylic acids is 1. The maximum absolute atomic E-state index is 11.9. The smallest absolute Gasteiger partial charge is 0.311 e. The van der Waals surface area contributed by atoms with Gasteiger partial charge in [0.1, 0.15) is 19.3 Å². The zero-order valence-corrected chi connectivity index (χ0v) is 31.4. The molecule has 1 aliphatic heterocycles. The van der Waals surface area contributed by atoms with Crippen LogP contribution in [0.5, 0.6) is 11.8 Å². The number of carboxylic acid groups (broad SMARTS) is 1. The van der Waals surface area contributed by atoms with Gasteiger partial charge in [0, 0.05) is 52.3 Å². The maximum Gasteiger partial charge on any atom is 0.311 e. The molecule has 5 aromatic rings. The standard InChI is InChI=1S/C40H35BrCl2N4O5/c1-40(23-48,39(49)50)12-10-28-16-34(41)38(47-37(28)51-21-25-14-24(17-44)18-46-19-25)52-22-29-4-2-6-32(35(29)42)33-7-3-5-31(36(33)43)27-9-8-26-11-13-45-20-30(26)15-27/h2-9,14-16,18-19,45,48H,10-13,20-23H2,1H3,(H,49,50)/t40-/m1/s1. The first-order valence-corrected chi connectivity index (χ1v) is 18.2. The summed E-state index contributed by atoms with van der Waals surface area (Å²) in [7, 11) is 0. The molecule has 0 bridgehead atoms. The Balaban J connectivity index is 1.26. The number of aliphatic hydroxyl groups excluding tert-OH is 1. The van der Waals surface area contributed by atoms with Gasteiger partial charge >= 0.3 is 5.97 Å². The van der Waals surface area contributed by atoms with Gasteiger partial charge in [-0.15, -0.1) is 0 Å². The van der Waals surface area contributed by atoms with Crippen LogP contribution in [-0.2, 0) is 37.4 Å². The van der Waals surface area contributed by atoms with E-state index in [0.29, 0.717) is 36.8 Å². The highest BCUT2D eigenvalue weighted by Gasteiger charge is 2.32. The van der Waals surface area contributed by atoms with Crippen molar-refractivity contribution in [2.45, 2.75) is 45.9 Å². The number of nitrogens with zero attached hydrogens (tertiary/aromatic N) is 3. The fourth-order valence-electron chi connectivity index (χ4n) is 6.00. The van der Waals surface area contributed by atoms with E-state index in [1.165, 1.54) is 24.2 Å². The van der Waals surface area contributed by atoms with Gasteiger partial charge in [0.05, 0.1) is 32.1 Å². The van der Waals surface area contributed by atoms with Gasteiger partial charge < -0.3 is 25.0 Å². The third-order valence-corrected chi connectivity index (χ3v) is 10.7. The molecule has 0 spiro atoms. The van der Waals surface area contributed by atoms with E-state index >= 15 is 0 Å². The van der Waals surface area contributed by atoms with E-state index in [1.807, 2.05) is 36.4 Å². The zero-order valence-electron chi connectivity index (χ0n) is 28.3. The Morgan fingerprint density at radius 2 is 1.71 bits per heavy atom. The predicted octanol–water partition coefficient (Wildman–Crippen LogP) is 8.57. The van der Waals surface area contributed by atoms with E-state index < -0.39 is 18.0 Å². The minimum atomic E-state index is -1.36. The number of aryl methyl sites for hydroxylation is 1. The summed E-state index contributed by atoms with van der Waals surface area (Å²) in [6, 6.07) is 23.6. The van der Waals surface area contributed by atoms with Crippen LogP contribution in [0.2, 0.25) is 10.0 Å². The molecule has 2 aromatic heterocycles. The molecule has 1 atom stereocenters. The topological polar surface area (TPSA) is 138 Å². The fraction of sp³-hybridized carbons (Fsp3) is 0.250. The second-order valence-corrected chi connectivity index (χ2v) is 14.5. The molecule has 3 N–H and O–H groups in total. The summed E-state index contributed by atoms with van der Waals surface area (Å²) in [5.41, 5.74) is 7.15. The van der Waals surface area contributed by atoms with Crippen LogP contribution in [0.3, 0.4) is 0 Å². The lowest BCUT2D eigenvalue weighted by molar-refractivity contribution is -0.150. The van der Waals surface area contributed by atoms with Crippen molar-refractivity contribution in [3.63, 3.8) is 0 Å². The first-order chi connectivity index (χ1) is 25.1. The second kappa shape index (κ2) is 16.4. The third-order valence-electron chi connectivity index (χ3n) is 9.23. The number of hydrogen-bond acceptors (Lipinski definition) is 8. The molecule has 0 saturated heterocycles. The molecule has 6 rings (SSSR count). The van der Waals surface area contributed by atoms with Crippen LogP contribution >= 0.6 is 39.1 Å². The molecule has 0 aliphatic carbocycles. The molecule has 3 aromatic carbocycles. The highest BCUT2D eigenvalue weighted by atomic mass is 79.9. The summed E-state index contributed by atoms with van der Waals surface area (Å²) in [5.74, 6) is -0.658. The highest BCUT2D eigenvalue weighted by molar-refractivity contribution is 9.10. The van der Waals surface area contributed by atoms with Gasteiger partial charge in [-0.25, -0.2) is 0 Å². The van der Waals surface area contributed by atoms with Crippen molar-refractivity contribution in [2.24, 2.45) is 5.41 Å². The normalized spacial score (nSPS) is 13.5. The number of fused-ring (bicyclic) bond motifs is 1. The van der Waals surface area contributed by atoms with Crippen LogP contribution < -0.4 is 14.8 Å². The summed E-state index contributed by atoms with van der Waals surface area (Å²) < 4.78 is 12.8. The summed E-state index contributed by atoms with van der Waals surface area (Å²) in [6.45, 7) is 2.89. The summed E-state index contributed by atoms with van der Waals surface area (Å²) in [5, 5.41) is 33.3. The lowest BCUT2D eigenvalue weighted by Gasteiger charge is -2.22. The number of hydrogen-bond donors (Lipinski definition) is 3. The largest absolute Gasteiger partial charge is 0.481 e. The van der Waals surface area contributed by atoms with E-state index in [1.54, 1.807) is 18.3 Å². The third kappa shape index (κ3) is 8.25. The lowest BCUT2D eigenvalue weighted by atomic mass is 9.85. The van der Waals surface area contributed by atoms with Crippen molar-refractivity contribution in [3.05, 3.63) is 127 Å². The van der Waals surface area contributed by atoms with E-state index in [9.17, 15) is 20.3 Å². The first kappa shape index (κ1) is 37.3. The Morgan fingerprint density at radius 1 is 0.962 bits per heavy atom. The van der Waals surface area contributed by atoms with Gasteiger partial charge in [-0.05, 0) is 83.6 Å². The molecule has 0 amide bonds. The molecule has 0 fully saturated rings. The summed E-state index contributed by atoms with van der Waals surface area (Å²) in [4.78, 5) is 20.6. The van der Waals surface area contributed by atoms with Crippen LogP contribution in [0.15, 0.2) is 83.6 Å². The van der Waals surface area contributed by atoms with Crippen molar-refractivity contribution in [3.8, 4) is 40.1 Å². The van der Waals surface area contributed by atoms with Crippen molar-refractivity contribution < 1.29 is 24.5 Å². The average molecular weight is 803 g/mol. The molecule has 0 unspecified atom stereocenters. The van der Waals surface area contributed by atoms with E-state index in [4.69, 9.17) is 32.7 Å². The van der Waals surface area contributed by atoms with E-state index in [0.717, 1.165) is 41.8 Å². The number of rotatable bonds is 13. The quantitative estimate of drug-likeness (QED) is 0.107. The van der Waals surface area contributed by atoms with Crippen molar-refractivity contribution in [2.75, 3.05) is 13.2 Å². The molecular weight excluding hydrogens is 767 g/mol. The van der Waals surface area contributed by atoms with Crippen LogP contribution in [0.25, 0.3) is 22.3 Å². The summed E-state index contributed by atoms with van der Waals surface area (Å²) in [6.07, 6.45) is 4.43. The van der Waals surface area contributed by atoms with Gasteiger partial charge in [-0.1, -0.05) is 71.7 Å². The lowest BCUT2D eigenvalue weighted by Crippen LogP contribution is -2.32. The van der Waals surface area contributed by atoms with Gasteiger partial charge in [-0.2, -0.15) is 10.2 Å². The monoisotopic (exact) mass is 800 g/mol. The number of carbonyl (C=O) groups is 1. The molecule has 52 heavy (non-hydrogen) atoms. The molecule has 266 valence electrons. The van der Waals surface area contributed by atoms with Crippen LogP contribution in [0, 0.1) is 16.7 Å². The van der Waals surface area contributed by atoms with Crippen LogP contribution in [-0.4, -0.2) is 39.3 Å². The number of ether oxygens (including phenoxy) is 2. The van der Waals surface area contributed by atoms with E-state index in [-0.39, 0.29) is 37.8 Å². The molecule has 12 heteroatoms. The Bertz CT molecular complexity index is 2180. The number of aliphatic hydroxyl groups is 1. The minimum Gasteiger partial charge on any atom is -0.481 e. The average Bonchev–Trinajstić information content (AvgIpc) is 3.16. The zero-order chi connectivity index (χ0) is 36.8. The molecular formula is C40H35BrCl2N4O5. The SMILES string of the molecule is C[C@](CO)(CCc1cc(Br)c(OCc2cccc(-c3cccc(-c4ccc5c(c4)CNCC5)c3Cl)c2Cl)nc1OCc1cncc(C#N)c1)C(=O)O. The van der Waals surface area contributed by atoms with Crippen LogP contribution in [0.1, 0.15) is 46.7 Å². The molecule has 0 saturated carbocycles. The number of halogens is 3. The minimum absolute atomic E-state index is 0.0514. The number of carboxylic acids is 1. The van der Waals surface area contributed by atoms with Gasteiger partial charge in [-0.3, -0.25) is 9.78 Å². The van der Waals surface area contributed by atoms with Gasteiger partial charge in [0.25, 0.3) is 0 Å². The van der Waals surface area contributed by atoms with Crippen molar-refractivity contribution >= 4 is 45.1 Å². The van der Waals surface area contributed by atoms with Crippen LogP contribution in [0.4, 0.5) is 0 Å². The molecule has 0 radical (unpaired) electrons. The Hall–Kier alpha value is -4.50. The summed E-state index contributed by atoms with van der Waals surface area (Å²) >= 11 is 17.7. The first-order valence-electron chi connectivity index (χ1n) is 16.6. The number of benzene rings is 3. The van der Waals surface area contributed by atoms with Gasteiger partial charge in [0.15, 0.2) is 0 Å². The highest BCUT2D eigenvalue weighted by Crippen LogP contribution is 2.41.